The van der Waals surface area contributed by atoms with Crippen molar-refractivity contribution in [2.45, 2.75) is 52.4 Å². The fraction of sp³-hybridized carbons (Fsp3) is 0.812. The number of ether oxygens (including phenoxy) is 1. The van der Waals surface area contributed by atoms with Crippen LogP contribution in [0.5, 0.6) is 0 Å². The second-order valence-electron chi connectivity index (χ2n) is 6.32. The fourth-order valence-corrected chi connectivity index (χ4v) is 2.46. The van der Waals surface area contributed by atoms with Gasteiger partial charge in [0.2, 0.25) is 5.91 Å². The van der Waals surface area contributed by atoms with Gasteiger partial charge in [-0.25, -0.2) is 4.79 Å². The van der Waals surface area contributed by atoms with Crippen molar-refractivity contribution < 1.29 is 24.2 Å². The van der Waals surface area contributed by atoms with E-state index in [1.807, 2.05) is 13.8 Å². The van der Waals surface area contributed by atoms with Gasteiger partial charge in [0, 0.05) is 13.1 Å². The van der Waals surface area contributed by atoms with Crippen molar-refractivity contribution in [2.24, 2.45) is 5.92 Å². The number of nitrogens with zero attached hydrogens (tertiary/aromatic N) is 1. The van der Waals surface area contributed by atoms with Crippen LogP contribution in [0.2, 0.25) is 0 Å². The van der Waals surface area contributed by atoms with Gasteiger partial charge >= 0.3 is 5.97 Å². The molecule has 1 aliphatic rings. The summed E-state index contributed by atoms with van der Waals surface area (Å²) in [7, 11) is 0. The molecule has 0 saturated carbocycles. The number of hydrogen-bond donors (Lipinski definition) is 3. The molecule has 1 aliphatic heterocycles. The molecule has 1 heterocycles. The van der Waals surface area contributed by atoms with Crippen LogP contribution in [0, 0.1) is 5.92 Å². The summed E-state index contributed by atoms with van der Waals surface area (Å²) < 4.78 is 4.82. The Bertz CT molecular complexity index is 451. The first kappa shape index (κ1) is 20.4. The second kappa shape index (κ2) is 9.58. The molecule has 0 aromatic carbocycles. The minimum atomic E-state index is -1.17. The quantitative estimate of drug-likeness (QED) is 0.449. The second-order valence-corrected chi connectivity index (χ2v) is 6.32. The highest BCUT2D eigenvalue weighted by atomic mass is 16.6. The SMILES string of the molecule is CCN(CC)CCNC(=O)[C@H](CC(C)C)NC(=O)[C@H]1O[C@@H]1C(=O)O. The summed E-state index contributed by atoms with van der Waals surface area (Å²) >= 11 is 0. The summed E-state index contributed by atoms with van der Waals surface area (Å²) in [4.78, 5) is 37.3. The molecule has 0 spiro atoms. The minimum Gasteiger partial charge on any atom is -0.479 e. The van der Waals surface area contributed by atoms with Crippen LogP contribution < -0.4 is 10.6 Å². The standard InChI is InChI=1S/C16H29N3O5/c1-5-19(6-2)8-7-17-14(20)11(9-10(3)4)18-15(21)12-13(24-12)16(22)23/h10-13H,5-9H2,1-4H3,(H,17,20)(H,18,21)(H,22,23)/t11-,12-,13-/m0/s1. The van der Waals surface area contributed by atoms with Crippen molar-refractivity contribution in [1.82, 2.24) is 15.5 Å². The maximum absolute atomic E-state index is 12.3. The zero-order chi connectivity index (χ0) is 18.3. The van der Waals surface area contributed by atoms with E-state index in [2.05, 4.69) is 29.4 Å². The van der Waals surface area contributed by atoms with Crippen LogP contribution in [0.25, 0.3) is 0 Å². The van der Waals surface area contributed by atoms with Gasteiger partial charge in [-0.2, -0.15) is 0 Å². The number of aliphatic carboxylic acids is 1. The zero-order valence-corrected chi connectivity index (χ0v) is 14.9. The Morgan fingerprint density at radius 2 is 1.79 bits per heavy atom. The number of likely N-dealkylation sites (N-methyl/N-ethyl adjacent to an activating group) is 1. The number of hydrogen-bond acceptors (Lipinski definition) is 5. The van der Waals surface area contributed by atoms with Gasteiger partial charge in [-0.3, -0.25) is 9.59 Å². The molecule has 1 saturated heterocycles. The number of amides is 2. The third kappa shape index (κ3) is 6.45. The van der Waals surface area contributed by atoms with E-state index >= 15 is 0 Å². The molecule has 24 heavy (non-hydrogen) atoms. The lowest BCUT2D eigenvalue weighted by Gasteiger charge is -2.22. The molecule has 0 aromatic heterocycles. The third-order valence-corrected chi connectivity index (χ3v) is 3.96. The van der Waals surface area contributed by atoms with Crippen molar-refractivity contribution in [1.29, 1.82) is 0 Å². The van der Waals surface area contributed by atoms with E-state index in [0.29, 0.717) is 13.0 Å². The Morgan fingerprint density at radius 1 is 1.17 bits per heavy atom. The van der Waals surface area contributed by atoms with Crippen LogP contribution in [-0.4, -0.2) is 72.2 Å². The molecule has 3 N–H and O–H groups in total. The molecule has 8 nitrogen and oxygen atoms in total. The summed E-state index contributed by atoms with van der Waals surface area (Å²) in [6, 6.07) is -0.687. The predicted octanol–water partition coefficient (Wildman–Crippen LogP) is -0.173. The molecule has 0 unspecified atom stereocenters. The monoisotopic (exact) mass is 343 g/mol. The van der Waals surface area contributed by atoms with Crippen LogP contribution in [0.4, 0.5) is 0 Å². The lowest BCUT2D eigenvalue weighted by Crippen LogP contribution is -2.50. The Balaban J connectivity index is 2.50. The molecular weight excluding hydrogens is 314 g/mol. The topological polar surface area (TPSA) is 111 Å². The largest absolute Gasteiger partial charge is 0.479 e. The van der Waals surface area contributed by atoms with E-state index in [1.54, 1.807) is 0 Å². The molecule has 138 valence electrons. The molecule has 1 rings (SSSR count). The van der Waals surface area contributed by atoms with Gasteiger partial charge in [-0.05, 0) is 25.4 Å². The first-order valence-electron chi connectivity index (χ1n) is 8.48. The van der Waals surface area contributed by atoms with Gasteiger partial charge in [-0.1, -0.05) is 27.7 Å². The van der Waals surface area contributed by atoms with E-state index in [4.69, 9.17) is 9.84 Å². The van der Waals surface area contributed by atoms with E-state index in [-0.39, 0.29) is 11.8 Å². The van der Waals surface area contributed by atoms with Crippen LogP contribution in [0.15, 0.2) is 0 Å². The van der Waals surface area contributed by atoms with E-state index in [0.717, 1.165) is 19.6 Å². The molecule has 0 aromatic rings. The number of carbonyl (C=O) groups excluding carboxylic acids is 2. The maximum Gasteiger partial charge on any atom is 0.336 e. The van der Waals surface area contributed by atoms with E-state index in [1.165, 1.54) is 0 Å². The van der Waals surface area contributed by atoms with Crippen molar-refractivity contribution in [3.05, 3.63) is 0 Å². The normalized spacial score (nSPS) is 20.8. The van der Waals surface area contributed by atoms with Gasteiger partial charge < -0.3 is 25.4 Å². The molecule has 0 aliphatic carbocycles. The summed E-state index contributed by atoms with van der Waals surface area (Å²) in [5.41, 5.74) is 0. The highest BCUT2D eigenvalue weighted by Gasteiger charge is 2.51. The molecule has 0 bridgehead atoms. The summed E-state index contributed by atoms with van der Waals surface area (Å²) in [6.45, 7) is 11.1. The summed E-state index contributed by atoms with van der Waals surface area (Å²) in [5, 5.41) is 14.2. The molecular formula is C16H29N3O5. The van der Waals surface area contributed by atoms with Gasteiger partial charge in [-0.15, -0.1) is 0 Å². The Labute approximate surface area is 142 Å². The number of carboxylic acid groups (broad SMARTS) is 1. The number of carboxylic acids is 1. The van der Waals surface area contributed by atoms with Crippen LogP contribution in [0.3, 0.4) is 0 Å². The molecule has 8 heteroatoms. The van der Waals surface area contributed by atoms with Gasteiger partial charge in [0.1, 0.15) is 6.04 Å². The Morgan fingerprint density at radius 3 is 2.25 bits per heavy atom. The maximum atomic E-state index is 12.3. The van der Waals surface area contributed by atoms with Crippen molar-refractivity contribution >= 4 is 17.8 Å². The molecule has 2 amide bonds. The first-order chi connectivity index (χ1) is 11.3. The smallest absolute Gasteiger partial charge is 0.336 e. The average Bonchev–Trinajstić information content (AvgIpc) is 3.31. The highest BCUT2D eigenvalue weighted by Crippen LogP contribution is 2.22. The minimum absolute atomic E-state index is 0.208. The Hall–Kier alpha value is -1.67. The van der Waals surface area contributed by atoms with Gasteiger partial charge in [0.05, 0.1) is 0 Å². The number of epoxide rings is 1. The van der Waals surface area contributed by atoms with Crippen LogP contribution in [0.1, 0.15) is 34.1 Å². The van der Waals surface area contributed by atoms with E-state index < -0.39 is 30.1 Å². The highest BCUT2D eigenvalue weighted by molar-refractivity contribution is 5.95. The van der Waals surface area contributed by atoms with Crippen molar-refractivity contribution in [3.8, 4) is 0 Å². The number of rotatable bonds is 11. The van der Waals surface area contributed by atoms with Crippen LogP contribution >= 0.6 is 0 Å². The first-order valence-corrected chi connectivity index (χ1v) is 8.48. The summed E-state index contributed by atoms with van der Waals surface area (Å²) in [6.07, 6.45) is -1.62. The lowest BCUT2D eigenvalue weighted by atomic mass is 10.0. The lowest BCUT2D eigenvalue weighted by molar-refractivity contribution is -0.138. The number of nitrogens with one attached hydrogen (secondary N) is 2. The predicted molar refractivity (Wildman–Crippen MR) is 88.5 cm³/mol. The van der Waals surface area contributed by atoms with Crippen molar-refractivity contribution in [3.63, 3.8) is 0 Å². The van der Waals surface area contributed by atoms with Gasteiger partial charge in [0.15, 0.2) is 12.2 Å². The Kier molecular flexibility index (Phi) is 8.14. The van der Waals surface area contributed by atoms with Crippen molar-refractivity contribution in [2.75, 3.05) is 26.2 Å². The number of carbonyl (C=O) groups is 3. The van der Waals surface area contributed by atoms with Crippen LogP contribution in [-0.2, 0) is 19.1 Å². The zero-order valence-electron chi connectivity index (χ0n) is 14.9. The van der Waals surface area contributed by atoms with Gasteiger partial charge in [0.25, 0.3) is 5.91 Å². The van der Waals surface area contributed by atoms with E-state index in [9.17, 15) is 14.4 Å². The summed E-state index contributed by atoms with van der Waals surface area (Å²) in [5.74, 6) is -1.76. The molecule has 3 atom stereocenters. The third-order valence-electron chi connectivity index (χ3n) is 3.96. The molecule has 1 fully saturated rings. The molecule has 0 radical (unpaired) electrons. The fourth-order valence-electron chi connectivity index (χ4n) is 2.46. The average molecular weight is 343 g/mol.